The molecule has 0 saturated heterocycles. The van der Waals surface area contributed by atoms with E-state index < -0.39 is 12.1 Å². The number of pyridine rings is 1. The normalized spacial score (nSPS) is 17.3. The largest absolute Gasteiger partial charge is 0.478 e. The second-order valence-corrected chi connectivity index (χ2v) is 6.04. The van der Waals surface area contributed by atoms with Gasteiger partial charge in [-0.3, -0.25) is 0 Å². The standard InChI is InChI=1S/C13H17NO3S/c1-7(15)8(2)18-12-10(13(16)17)6-9-4-3-5-11(9)14-12/h6-8,15H,3-5H2,1-2H3,(H,16,17). The lowest BCUT2D eigenvalue weighted by Gasteiger charge is -2.15. The highest BCUT2D eigenvalue weighted by molar-refractivity contribution is 8.00. The van der Waals surface area contributed by atoms with E-state index in [1.165, 1.54) is 11.8 Å². The van der Waals surface area contributed by atoms with Crippen LogP contribution >= 0.6 is 11.8 Å². The Balaban J connectivity index is 2.35. The second-order valence-electron chi connectivity index (χ2n) is 4.67. The Hall–Kier alpha value is -1.07. The van der Waals surface area contributed by atoms with E-state index in [4.69, 9.17) is 0 Å². The molecule has 1 aromatic rings. The van der Waals surface area contributed by atoms with Crippen LogP contribution in [0.5, 0.6) is 0 Å². The quantitative estimate of drug-likeness (QED) is 0.818. The second kappa shape index (κ2) is 5.28. The van der Waals surface area contributed by atoms with Crippen molar-refractivity contribution in [3.8, 4) is 0 Å². The number of nitrogens with zero attached hydrogens (tertiary/aromatic N) is 1. The molecule has 0 spiro atoms. The molecule has 98 valence electrons. The van der Waals surface area contributed by atoms with Gasteiger partial charge in [0.15, 0.2) is 0 Å². The Morgan fingerprint density at radius 2 is 2.17 bits per heavy atom. The Morgan fingerprint density at radius 3 is 2.78 bits per heavy atom. The predicted molar refractivity (Wildman–Crippen MR) is 70.2 cm³/mol. The van der Waals surface area contributed by atoms with Gasteiger partial charge in [-0.25, -0.2) is 9.78 Å². The summed E-state index contributed by atoms with van der Waals surface area (Å²) in [5.41, 5.74) is 2.33. The van der Waals surface area contributed by atoms with Crippen LogP contribution in [0.1, 0.15) is 41.9 Å². The van der Waals surface area contributed by atoms with Crippen molar-refractivity contribution >= 4 is 17.7 Å². The van der Waals surface area contributed by atoms with Crippen LogP contribution in [0.15, 0.2) is 11.1 Å². The van der Waals surface area contributed by atoms with Gasteiger partial charge in [0.25, 0.3) is 0 Å². The topological polar surface area (TPSA) is 70.4 Å². The number of aliphatic hydroxyl groups is 1. The number of aromatic carboxylic acids is 1. The summed E-state index contributed by atoms with van der Waals surface area (Å²) in [6.45, 7) is 3.57. The fraction of sp³-hybridized carbons (Fsp3) is 0.538. The molecular formula is C13H17NO3S. The van der Waals surface area contributed by atoms with Crippen LogP contribution in [0.3, 0.4) is 0 Å². The highest BCUT2D eigenvalue weighted by atomic mass is 32.2. The maximum atomic E-state index is 11.3. The Labute approximate surface area is 110 Å². The maximum absolute atomic E-state index is 11.3. The number of hydrogen-bond donors (Lipinski definition) is 2. The third-order valence-corrected chi connectivity index (χ3v) is 4.52. The first kappa shape index (κ1) is 13.4. The zero-order chi connectivity index (χ0) is 13.3. The Morgan fingerprint density at radius 1 is 1.44 bits per heavy atom. The van der Waals surface area contributed by atoms with E-state index in [1.807, 2.05) is 6.92 Å². The van der Waals surface area contributed by atoms with E-state index in [2.05, 4.69) is 4.98 Å². The number of aromatic nitrogens is 1. The first-order chi connectivity index (χ1) is 8.49. The maximum Gasteiger partial charge on any atom is 0.338 e. The average molecular weight is 267 g/mol. The van der Waals surface area contributed by atoms with Gasteiger partial charge in [-0.1, -0.05) is 18.7 Å². The van der Waals surface area contributed by atoms with Crippen LogP contribution in [-0.4, -0.2) is 32.5 Å². The number of fused-ring (bicyclic) bond motifs is 1. The van der Waals surface area contributed by atoms with Crippen LogP contribution < -0.4 is 0 Å². The van der Waals surface area contributed by atoms with Gasteiger partial charge in [-0.15, -0.1) is 0 Å². The summed E-state index contributed by atoms with van der Waals surface area (Å²) in [4.78, 5) is 15.7. The summed E-state index contributed by atoms with van der Waals surface area (Å²) in [6, 6.07) is 1.74. The van der Waals surface area contributed by atoms with E-state index in [0.717, 1.165) is 30.5 Å². The molecule has 1 aliphatic rings. The highest BCUT2D eigenvalue weighted by Crippen LogP contribution is 2.31. The first-order valence-electron chi connectivity index (χ1n) is 6.10. The number of aryl methyl sites for hydroxylation is 2. The average Bonchev–Trinajstić information content (AvgIpc) is 2.74. The van der Waals surface area contributed by atoms with Gasteiger partial charge in [0.05, 0.1) is 11.7 Å². The lowest BCUT2D eigenvalue weighted by atomic mass is 10.1. The minimum absolute atomic E-state index is 0.0740. The number of thioether (sulfide) groups is 1. The monoisotopic (exact) mass is 267 g/mol. The minimum atomic E-state index is -0.947. The van der Waals surface area contributed by atoms with E-state index in [1.54, 1.807) is 13.0 Å². The molecule has 0 saturated carbocycles. The molecular weight excluding hydrogens is 250 g/mol. The summed E-state index contributed by atoms with van der Waals surface area (Å²) in [7, 11) is 0. The molecule has 4 nitrogen and oxygen atoms in total. The van der Waals surface area contributed by atoms with E-state index in [0.29, 0.717) is 5.03 Å². The molecule has 0 bridgehead atoms. The number of aliphatic hydroxyl groups excluding tert-OH is 1. The Bertz CT molecular complexity index is 474. The number of carboxylic acids is 1. The van der Waals surface area contributed by atoms with Gasteiger partial charge in [0.1, 0.15) is 5.03 Å². The van der Waals surface area contributed by atoms with E-state index >= 15 is 0 Å². The molecule has 1 aliphatic carbocycles. The molecule has 2 N–H and O–H groups in total. The molecule has 1 heterocycles. The summed E-state index contributed by atoms with van der Waals surface area (Å²) in [5, 5.41) is 19.2. The number of hydrogen-bond acceptors (Lipinski definition) is 4. The van der Waals surface area contributed by atoms with E-state index in [9.17, 15) is 15.0 Å². The molecule has 2 rings (SSSR count). The van der Waals surface area contributed by atoms with Gasteiger partial charge in [-0.2, -0.15) is 0 Å². The smallest absolute Gasteiger partial charge is 0.338 e. The summed E-state index contributed by atoms with van der Waals surface area (Å²) in [5.74, 6) is -0.947. The molecule has 0 radical (unpaired) electrons. The molecule has 5 heteroatoms. The molecule has 1 aromatic heterocycles. The molecule has 0 fully saturated rings. The van der Waals surface area contributed by atoms with Crippen LogP contribution in [0.4, 0.5) is 0 Å². The fourth-order valence-electron chi connectivity index (χ4n) is 1.97. The van der Waals surface area contributed by atoms with Crippen molar-refractivity contribution in [3.05, 3.63) is 22.9 Å². The number of carboxylic acid groups (broad SMARTS) is 1. The predicted octanol–water partition coefficient (Wildman–Crippen LogP) is 2.13. The van der Waals surface area contributed by atoms with Crippen LogP contribution in [-0.2, 0) is 12.8 Å². The van der Waals surface area contributed by atoms with Crippen LogP contribution in [0.2, 0.25) is 0 Å². The zero-order valence-electron chi connectivity index (χ0n) is 10.5. The van der Waals surface area contributed by atoms with Gasteiger partial charge < -0.3 is 10.2 Å². The number of rotatable bonds is 4. The summed E-state index contributed by atoms with van der Waals surface area (Å²) >= 11 is 1.33. The molecule has 0 aromatic carbocycles. The fourth-order valence-corrected chi connectivity index (χ4v) is 2.96. The molecule has 0 aliphatic heterocycles. The van der Waals surface area contributed by atoms with Crippen molar-refractivity contribution in [3.63, 3.8) is 0 Å². The van der Waals surface area contributed by atoms with Crippen molar-refractivity contribution in [1.29, 1.82) is 0 Å². The zero-order valence-corrected chi connectivity index (χ0v) is 11.3. The van der Waals surface area contributed by atoms with E-state index in [-0.39, 0.29) is 10.8 Å². The van der Waals surface area contributed by atoms with Crippen molar-refractivity contribution < 1.29 is 15.0 Å². The van der Waals surface area contributed by atoms with Gasteiger partial charge in [-0.05, 0) is 37.8 Å². The molecule has 0 amide bonds. The lowest BCUT2D eigenvalue weighted by Crippen LogP contribution is -2.16. The van der Waals surface area contributed by atoms with Gasteiger partial charge in [0, 0.05) is 10.9 Å². The third kappa shape index (κ3) is 2.67. The SMILES string of the molecule is CC(O)C(C)Sc1nc2c(cc1C(=O)O)CCC2. The van der Waals surface area contributed by atoms with Gasteiger partial charge in [0.2, 0.25) is 0 Å². The van der Waals surface area contributed by atoms with Crippen molar-refractivity contribution in [2.24, 2.45) is 0 Å². The molecule has 2 atom stereocenters. The third-order valence-electron chi connectivity index (χ3n) is 3.22. The van der Waals surface area contributed by atoms with Crippen molar-refractivity contribution in [2.75, 3.05) is 0 Å². The minimum Gasteiger partial charge on any atom is -0.478 e. The lowest BCUT2D eigenvalue weighted by molar-refractivity contribution is 0.0692. The molecule has 2 unspecified atom stereocenters. The van der Waals surface area contributed by atoms with Crippen molar-refractivity contribution in [1.82, 2.24) is 4.98 Å². The van der Waals surface area contributed by atoms with Crippen molar-refractivity contribution in [2.45, 2.75) is 49.5 Å². The molecule has 18 heavy (non-hydrogen) atoms. The summed E-state index contributed by atoms with van der Waals surface area (Å²) in [6.07, 6.45) is 2.39. The first-order valence-corrected chi connectivity index (χ1v) is 6.98. The summed E-state index contributed by atoms with van der Waals surface area (Å²) < 4.78 is 0. The van der Waals surface area contributed by atoms with Crippen LogP contribution in [0, 0.1) is 0 Å². The van der Waals surface area contributed by atoms with Crippen LogP contribution in [0.25, 0.3) is 0 Å². The number of carbonyl (C=O) groups is 1. The Kier molecular flexibility index (Phi) is 3.92. The van der Waals surface area contributed by atoms with Gasteiger partial charge >= 0.3 is 5.97 Å². The highest BCUT2D eigenvalue weighted by Gasteiger charge is 2.22.